The summed E-state index contributed by atoms with van der Waals surface area (Å²) in [6, 6.07) is 0. The Hall–Kier alpha value is -1.07. The van der Waals surface area contributed by atoms with Gasteiger partial charge in [0.05, 0.1) is 6.10 Å². The van der Waals surface area contributed by atoms with Crippen LogP contribution in [0, 0.1) is 0 Å². The van der Waals surface area contributed by atoms with E-state index in [1.165, 1.54) is 0 Å². The normalized spacial score (nSPS) is 13.0. The molecule has 0 aliphatic carbocycles. The fraction of sp³-hybridized carbons (Fsp3) is 0.700. The number of aromatic nitrogens is 2. The minimum Gasteiger partial charge on any atom is -0.377 e. The van der Waals surface area contributed by atoms with Crippen LogP contribution in [0.15, 0.2) is 17.2 Å². The van der Waals surface area contributed by atoms with Crippen LogP contribution in [0.3, 0.4) is 0 Å². The predicted molar refractivity (Wildman–Crippen MR) is 58.8 cm³/mol. The van der Waals surface area contributed by atoms with Gasteiger partial charge in [0, 0.05) is 39.1 Å². The van der Waals surface area contributed by atoms with E-state index in [0.717, 1.165) is 6.42 Å². The zero-order chi connectivity index (χ0) is 11.3. The summed E-state index contributed by atoms with van der Waals surface area (Å²) in [7, 11) is 1.74. The van der Waals surface area contributed by atoms with Crippen molar-refractivity contribution in [3.8, 4) is 0 Å². The molecule has 15 heavy (non-hydrogen) atoms. The van der Waals surface area contributed by atoms with Crippen LogP contribution in [0.1, 0.15) is 13.3 Å². The maximum absolute atomic E-state index is 11.5. The molecule has 0 aromatic carbocycles. The molecule has 0 fully saturated rings. The lowest BCUT2D eigenvalue weighted by Crippen LogP contribution is -2.28. The molecule has 5 heteroatoms. The summed E-state index contributed by atoms with van der Waals surface area (Å²) in [6.45, 7) is 3.75. The second-order valence-electron chi connectivity index (χ2n) is 3.49. The van der Waals surface area contributed by atoms with Crippen molar-refractivity contribution >= 4 is 0 Å². The van der Waals surface area contributed by atoms with E-state index in [2.05, 4.69) is 0 Å². The molecule has 2 N–H and O–H groups in total. The third kappa shape index (κ3) is 3.21. The van der Waals surface area contributed by atoms with Crippen LogP contribution >= 0.6 is 0 Å². The van der Waals surface area contributed by atoms with Gasteiger partial charge in [-0.3, -0.25) is 4.57 Å². The molecule has 0 saturated heterocycles. The van der Waals surface area contributed by atoms with Crippen LogP contribution in [0.2, 0.25) is 0 Å². The van der Waals surface area contributed by atoms with Crippen molar-refractivity contribution in [1.29, 1.82) is 0 Å². The molecule has 0 aliphatic heterocycles. The van der Waals surface area contributed by atoms with Crippen LogP contribution in [0.5, 0.6) is 0 Å². The van der Waals surface area contributed by atoms with E-state index in [1.54, 1.807) is 28.6 Å². The van der Waals surface area contributed by atoms with Gasteiger partial charge in [0.2, 0.25) is 0 Å². The highest BCUT2D eigenvalue weighted by molar-refractivity contribution is 4.80. The number of imidazole rings is 1. The zero-order valence-corrected chi connectivity index (χ0v) is 9.35. The minimum atomic E-state index is 0.00210. The topological polar surface area (TPSA) is 62.2 Å². The van der Waals surface area contributed by atoms with Gasteiger partial charge < -0.3 is 15.0 Å². The monoisotopic (exact) mass is 213 g/mol. The molecule has 86 valence electrons. The smallest absolute Gasteiger partial charge is 0.327 e. The van der Waals surface area contributed by atoms with Crippen molar-refractivity contribution in [3.63, 3.8) is 0 Å². The predicted octanol–water partition coefficient (Wildman–Crippen LogP) is -0.0593. The van der Waals surface area contributed by atoms with Gasteiger partial charge in [0.1, 0.15) is 0 Å². The van der Waals surface area contributed by atoms with E-state index in [-0.39, 0.29) is 11.8 Å². The number of ether oxygens (including phenoxy) is 1. The van der Waals surface area contributed by atoms with Crippen LogP contribution in [0.4, 0.5) is 0 Å². The van der Waals surface area contributed by atoms with Gasteiger partial charge in [-0.25, -0.2) is 4.79 Å². The average molecular weight is 213 g/mol. The second kappa shape index (κ2) is 5.72. The van der Waals surface area contributed by atoms with Gasteiger partial charge in [-0.05, 0) is 13.3 Å². The standard InChI is InChI=1S/C10H19N3O2/c1-3-15-9(8-11)4-5-13-7-6-12(2)10(13)14/h6-7,9H,3-5,8,11H2,1-2H3. The Balaban J connectivity index is 2.49. The molecule has 0 spiro atoms. The minimum absolute atomic E-state index is 0.00210. The molecule has 5 nitrogen and oxygen atoms in total. The van der Waals surface area contributed by atoms with E-state index >= 15 is 0 Å². The molecule has 1 heterocycles. The molecule has 1 unspecified atom stereocenters. The van der Waals surface area contributed by atoms with Gasteiger partial charge >= 0.3 is 5.69 Å². The van der Waals surface area contributed by atoms with Gasteiger partial charge in [-0.15, -0.1) is 0 Å². The summed E-state index contributed by atoms with van der Waals surface area (Å²) in [5, 5.41) is 0. The largest absolute Gasteiger partial charge is 0.377 e. The van der Waals surface area contributed by atoms with E-state index in [4.69, 9.17) is 10.5 Å². The summed E-state index contributed by atoms with van der Waals surface area (Å²) in [6.07, 6.45) is 4.35. The zero-order valence-electron chi connectivity index (χ0n) is 9.35. The number of rotatable bonds is 6. The summed E-state index contributed by atoms with van der Waals surface area (Å²) in [4.78, 5) is 11.5. The number of hydrogen-bond acceptors (Lipinski definition) is 3. The van der Waals surface area contributed by atoms with Crippen molar-refractivity contribution in [1.82, 2.24) is 9.13 Å². The first-order chi connectivity index (χ1) is 7.19. The highest BCUT2D eigenvalue weighted by atomic mass is 16.5. The van der Waals surface area contributed by atoms with Crippen LogP contribution in [0.25, 0.3) is 0 Å². The van der Waals surface area contributed by atoms with Crippen LogP contribution < -0.4 is 11.4 Å². The lowest BCUT2D eigenvalue weighted by atomic mass is 10.2. The van der Waals surface area contributed by atoms with Crippen molar-refractivity contribution in [2.75, 3.05) is 13.2 Å². The first-order valence-electron chi connectivity index (χ1n) is 5.22. The lowest BCUT2D eigenvalue weighted by molar-refractivity contribution is 0.0597. The maximum atomic E-state index is 11.5. The Morgan fingerprint density at radius 1 is 1.53 bits per heavy atom. The van der Waals surface area contributed by atoms with Crippen molar-refractivity contribution < 1.29 is 4.74 Å². The highest BCUT2D eigenvalue weighted by Gasteiger charge is 2.07. The van der Waals surface area contributed by atoms with Gasteiger partial charge in [-0.2, -0.15) is 0 Å². The quantitative estimate of drug-likeness (QED) is 0.720. The molecule has 0 aliphatic rings. The van der Waals surface area contributed by atoms with E-state index in [0.29, 0.717) is 19.7 Å². The van der Waals surface area contributed by atoms with Crippen LogP contribution in [-0.4, -0.2) is 28.4 Å². The summed E-state index contributed by atoms with van der Waals surface area (Å²) in [5.41, 5.74) is 5.55. The molecule has 1 atom stereocenters. The van der Waals surface area contributed by atoms with Gasteiger partial charge in [-0.1, -0.05) is 0 Å². The van der Waals surface area contributed by atoms with Gasteiger partial charge in [0.25, 0.3) is 0 Å². The third-order valence-electron chi connectivity index (χ3n) is 2.37. The third-order valence-corrected chi connectivity index (χ3v) is 2.37. The van der Waals surface area contributed by atoms with E-state index < -0.39 is 0 Å². The number of hydrogen-bond donors (Lipinski definition) is 1. The fourth-order valence-electron chi connectivity index (χ4n) is 1.47. The Kier molecular flexibility index (Phi) is 4.58. The Bertz CT molecular complexity index is 343. The summed E-state index contributed by atoms with van der Waals surface area (Å²) in [5.74, 6) is 0. The maximum Gasteiger partial charge on any atom is 0.327 e. The lowest BCUT2D eigenvalue weighted by Gasteiger charge is -2.14. The molecular weight excluding hydrogens is 194 g/mol. The fourth-order valence-corrected chi connectivity index (χ4v) is 1.47. The molecule has 0 radical (unpaired) electrons. The van der Waals surface area contributed by atoms with Crippen molar-refractivity contribution in [2.45, 2.75) is 26.0 Å². The SMILES string of the molecule is CCOC(CN)CCn1ccn(C)c1=O. The molecular formula is C10H19N3O2. The van der Waals surface area contributed by atoms with Crippen molar-refractivity contribution in [3.05, 3.63) is 22.9 Å². The number of aryl methyl sites for hydroxylation is 2. The van der Waals surface area contributed by atoms with Crippen molar-refractivity contribution in [2.24, 2.45) is 12.8 Å². The number of nitrogens with two attached hydrogens (primary N) is 1. The van der Waals surface area contributed by atoms with E-state index in [1.807, 2.05) is 6.92 Å². The molecule has 0 bridgehead atoms. The second-order valence-corrected chi connectivity index (χ2v) is 3.49. The highest BCUT2D eigenvalue weighted by Crippen LogP contribution is 1.98. The Morgan fingerprint density at radius 3 is 2.73 bits per heavy atom. The molecule has 0 saturated carbocycles. The molecule has 0 amide bonds. The summed E-state index contributed by atoms with van der Waals surface area (Å²) >= 11 is 0. The summed E-state index contributed by atoms with van der Waals surface area (Å²) < 4.78 is 8.63. The average Bonchev–Trinajstić information content (AvgIpc) is 2.55. The van der Waals surface area contributed by atoms with Gasteiger partial charge in [0.15, 0.2) is 0 Å². The Labute approximate surface area is 89.4 Å². The molecule has 1 aromatic heterocycles. The Morgan fingerprint density at radius 2 is 2.27 bits per heavy atom. The van der Waals surface area contributed by atoms with E-state index in [9.17, 15) is 4.79 Å². The number of nitrogens with zero attached hydrogens (tertiary/aromatic N) is 2. The first-order valence-corrected chi connectivity index (χ1v) is 5.22. The van der Waals surface area contributed by atoms with Crippen LogP contribution in [-0.2, 0) is 18.3 Å². The molecule has 1 rings (SSSR count). The molecule has 1 aromatic rings. The first kappa shape index (κ1) is 12.0.